The van der Waals surface area contributed by atoms with Gasteiger partial charge in [0.05, 0.1) is 18.2 Å². The Kier molecular flexibility index (Phi) is 5.25. The zero-order chi connectivity index (χ0) is 12.8. The van der Waals surface area contributed by atoms with Crippen LogP contribution in [-0.4, -0.2) is 36.7 Å². The number of hydrogen-bond donors (Lipinski definition) is 2. The van der Waals surface area contributed by atoms with Crippen LogP contribution in [0.1, 0.15) is 15.9 Å². The molecule has 0 spiro atoms. The first-order chi connectivity index (χ1) is 8.10. The number of phenolic OH excluding ortho intramolecular Hbond substituents is 1. The number of amides is 1. The molecule has 1 unspecified atom stereocenters. The lowest BCUT2D eigenvalue weighted by Crippen LogP contribution is -2.39. The van der Waals surface area contributed by atoms with Crippen LogP contribution in [0, 0.1) is 6.92 Å². The van der Waals surface area contributed by atoms with E-state index in [9.17, 15) is 9.90 Å². The van der Waals surface area contributed by atoms with Crippen LogP contribution in [0.25, 0.3) is 0 Å². The Morgan fingerprint density at radius 1 is 1.59 bits per heavy atom. The highest BCUT2D eigenvalue weighted by molar-refractivity contribution is 6.18. The van der Waals surface area contributed by atoms with Crippen LogP contribution in [0.15, 0.2) is 18.2 Å². The maximum absolute atomic E-state index is 11.9. The molecule has 5 heteroatoms. The van der Waals surface area contributed by atoms with Gasteiger partial charge in [-0.2, -0.15) is 0 Å². The number of ether oxygens (including phenoxy) is 1. The van der Waals surface area contributed by atoms with Crippen molar-refractivity contribution in [2.45, 2.75) is 13.0 Å². The summed E-state index contributed by atoms with van der Waals surface area (Å²) in [6, 6.07) is 4.75. The Labute approximate surface area is 106 Å². The van der Waals surface area contributed by atoms with Crippen molar-refractivity contribution < 1.29 is 14.6 Å². The van der Waals surface area contributed by atoms with Crippen LogP contribution < -0.4 is 5.32 Å². The lowest BCUT2D eigenvalue weighted by molar-refractivity contribution is 0.0904. The van der Waals surface area contributed by atoms with Crippen LogP contribution in [0.2, 0.25) is 0 Å². The molecule has 1 aromatic rings. The van der Waals surface area contributed by atoms with Crippen molar-refractivity contribution in [3.05, 3.63) is 29.3 Å². The van der Waals surface area contributed by atoms with Gasteiger partial charge in [0.2, 0.25) is 0 Å². The highest BCUT2D eigenvalue weighted by Gasteiger charge is 2.16. The van der Waals surface area contributed by atoms with Crippen LogP contribution >= 0.6 is 11.6 Å². The van der Waals surface area contributed by atoms with Crippen molar-refractivity contribution in [2.75, 3.05) is 19.6 Å². The number of phenols is 1. The molecule has 0 aliphatic rings. The van der Waals surface area contributed by atoms with Gasteiger partial charge in [0.1, 0.15) is 5.75 Å². The Bertz CT molecular complexity index is 395. The van der Waals surface area contributed by atoms with Crippen molar-refractivity contribution in [2.24, 2.45) is 0 Å². The van der Waals surface area contributed by atoms with Gasteiger partial charge < -0.3 is 15.2 Å². The molecule has 0 aliphatic carbocycles. The molecule has 1 aromatic carbocycles. The zero-order valence-corrected chi connectivity index (χ0v) is 10.6. The molecule has 0 heterocycles. The van der Waals surface area contributed by atoms with Gasteiger partial charge in [-0.1, -0.05) is 12.1 Å². The predicted molar refractivity (Wildman–Crippen MR) is 66.7 cm³/mol. The number of carbonyl (C=O) groups is 1. The molecule has 2 N–H and O–H groups in total. The van der Waals surface area contributed by atoms with E-state index in [1.54, 1.807) is 25.1 Å². The molecule has 94 valence electrons. The maximum Gasteiger partial charge on any atom is 0.255 e. The summed E-state index contributed by atoms with van der Waals surface area (Å²) in [6.45, 7) is 2.07. The number of para-hydroxylation sites is 1. The van der Waals surface area contributed by atoms with E-state index in [2.05, 4.69) is 5.32 Å². The quantitative estimate of drug-likeness (QED) is 0.789. The van der Waals surface area contributed by atoms with Gasteiger partial charge in [0.25, 0.3) is 5.91 Å². The topological polar surface area (TPSA) is 58.6 Å². The molecular weight excluding hydrogens is 242 g/mol. The number of hydrogen-bond acceptors (Lipinski definition) is 3. The Morgan fingerprint density at radius 2 is 2.29 bits per heavy atom. The third-order valence-electron chi connectivity index (χ3n) is 2.37. The Morgan fingerprint density at radius 3 is 2.88 bits per heavy atom. The van der Waals surface area contributed by atoms with Crippen molar-refractivity contribution in [3.63, 3.8) is 0 Å². The van der Waals surface area contributed by atoms with E-state index in [1.807, 2.05) is 0 Å². The van der Waals surface area contributed by atoms with Gasteiger partial charge in [-0.3, -0.25) is 4.79 Å². The molecule has 1 rings (SSSR count). The average molecular weight is 258 g/mol. The molecule has 0 bridgehead atoms. The van der Waals surface area contributed by atoms with Crippen LogP contribution in [0.3, 0.4) is 0 Å². The van der Waals surface area contributed by atoms with Gasteiger partial charge >= 0.3 is 0 Å². The summed E-state index contributed by atoms with van der Waals surface area (Å²) in [5, 5.41) is 12.5. The van der Waals surface area contributed by atoms with Crippen LogP contribution in [-0.2, 0) is 4.74 Å². The second-order valence-electron chi connectivity index (χ2n) is 3.75. The molecule has 17 heavy (non-hydrogen) atoms. The molecule has 1 atom stereocenters. The van der Waals surface area contributed by atoms with E-state index in [0.29, 0.717) is 12.2 Å². The standard InChI is InChI=1S/C12H16ClNO3/c1-8-4-3-5-10(11(8)15)12(16)14-9(6-13)7-17-2/h3-5,9,15H,6-7H2,1-2H3,(H,14,16). The molecule has 0 fully saturated rings. The molecule has 0 radical (unpaired) electrons. The SMILES string of the molecule is COCC(CCl)NC(=O)c1cccc(C)c1O. The number of aryl methyl sites for hydroxylation is 1. The molecule has 0 saturated heterocycles. The van der Waals surface area contributed by atoms with E-state index in [0.717, 1.165) is 0 Å². The largest absolute Gasteiger partial charge is 0.507 e. The summed E-state index contributed by atoms with van der Waals surface area (Å²) < 4.78 is 4.92. The summed E-state index contributed by atoms with van der Waals surface area (Å²) in [4.78, 5) is 11.9. The first-order valence-electron chi connectivity index (χ1n) is 5.24. The fourth-order valence-corrected chi connectivity index (χ4v) is 1.60. The molecule has 0 saturated carbocycles. The van der Waals surface area contributed by atoms with Gasteiger partial charge in [0, 0.05) is 13.0 Å². The number of aromatic hydroxyl groups is 1. The molecule has 4 nitrogen and oxygen atoms in total. The summed E-state index contributed by atoms with van der Waals surface area (Å²) in [6.07, 6.45) is 0. The van der Waals surface area contributed by atoms with Crippen molar-refractivity contribution in [3.8, 4) is 5.75 Å². The molecule has 0 aliphatic heterocycles. The predicted octanol–water partition coefficient (Wildman–Crippen LogP) is 1.68. The van der Waals surface area contributed by atoms with Gasteiger partial charge in [-0.15, -0.1) is 11.6 Å². The molecular formula is C12H16ClNO3. The minimum atomic E-state index is -0.353. The fourth-order valence-electron chi connectivity index (χ4n) is 1.43. The molecule has 1 amide bonds. The average Bonchev–Trinajstić information content (AvgIpc) is 2.31. The fraction of sp³-hybridized carbons (Fsp3) is 0.417. The number of rotatable bonds is 5. The second kappa shape index (κ2) is 6.47. The minimum Gasteiger partial charge on any atom is -0.507 e. The minimum absolute atomic E-state index is 0.00395. The summed E-state index contributed by atoms with van der Waals surface area (Å²) in [5.41, 5.74) is 0.906. The van der Waals surface area contributed by atoms with E-state index in [4.69, 9.17) is 16.3 Å². The van der Waals surface area contributed by atoms with Crippen LogP contribution in [0.4, 0.5) is 0 Å². The number of nitrogens with one attached hydrogen (secondary N) is 1. The summed E-state index contributed by atoms with van der Waals surface area (Å²) in [5.74, 6) is -0.101. The van der Waals surface area contributed by atoms with Crippen molar-refractivity contribution in [1.82, 2.24) is 5.32 Å². The van der Waals surface area contributed by atoms with E-state index < -0.39 is 0 Å². The van der Waals surface area contributed by atoms with Gasteiger partial charge in [-0.05, 0) is 18.6 Å². The smallest absolute Gasteiger partial charge is 0.255 e. The van der Waals surface area contributed by atoms with E-state index in [1.165, 1.54) is 7.11 Å². The third-order valence-corrected chi connectivity index (χ3v) is 2.74. The number of benzene rings is 1. The highest BCUT2D eigenvalue weighted by Crippen LogP contribution is 2.21. The Balaban J connectivity index is 2.79. The van der Waals surface area contributed by atoms with E-state index >= 15 is 0 Å². The number of halogens is 1. The van der Waals surface area contributed by atoms with Crippen molar-refractivity contribution >= 4 is 17.5 Å². The lowest BCUT2D eigenvalue weighted by Gasteiger charge is -2.15. The maximum atomic E-state index is 11.9. The Hall–Kier alpha value is -1.26. The van der Waals surface area contributed by atoms with Gasteiger partial charge in [-0.25, -0.2) is 0 Å². The third kappa shape index (κ3) is 3.61. The zero-order valence-electron chi connectivity index (χ0n) is 9.87. The monoisotopic (exact) mass is 257 g/mol. The number of methoxy groups -OCH3 is 1. The summed E-state index contributed by atoms with van der Waals surface area (Å²) >= 11 is 5.69. The lowest BCUT2D eigenvalue weighted by atomic mass is 10.1. The number of carbonyl (C=O) groups excluding carboxylic acids is 1. The number of alkyl halides is 1. The first kappa shape index (κ1) is 13.8. The van der Waals surface area contributed by atoms with Crippen molar-refractivity contribution in [1.29, 1.82) is 0 Å². The van der Waals surface area contributed by atoms with Gasteiger partial charge in [0.15, 0.2) is 0 Å². The summed E-state index contributed by atoms with van der Waals surface area (Å²) in [7, 11) is 1.54. The normalized spacial score (nSPS) is 12.2. The first-order valence-corrected chi connectivity index (χ1v) is 5.78. The molecule has 0 aromatic heterocycles. The highest BCUT2D eigenvalue weighted by atomic mass is 35.5. The second-order valence-corrected chi connectivity index (χ2v) is 4.06. The van der Waals surface area contributed by atoms with Crippen LogP contribution in [0.5, 0.6) is 5.75 Å². The van der Waals surface area contributed by atoms with E-state index in [-0.39, 0.29) is 29.1 Å².